The molecule has 19 heavy (non-hydrogen) atoms. The molecule has 0 saturated carbocycles. The van der Waals surface area contributed by atoms with Crippen LogP contribution in [0.15, 0.2) is 0 Å². The van der Waals surface area contributed by atoms with Gasteiger partial charge in [0.25, 0.3) is 0 Å². The number of aliphatic hydroxyl groups excluding tert-OH is 1. The summed E-state index contributed by atoms with van der Waals surface area (Å²) < 4.78 is 22.6. The summed E-state index contributed by atoms with van der Waals surface area (Å²) in [7, 11) is -1.72. The first-order valence-corrected chi connectivity index (χ1v) is 7.61. The maximum absolute atomic E-state index is 11.8. The van der Waals surface area contributed by atoms with Crippen molar-refractivity contribution in [3.05, 3.63) is 0 Å². The zero-order valence-corrected chi connectivity index (χ0v) is 11.6. The Hall–Kier alpha value is -1.35. The number of carboxylic acid groups (broad SMARTS) is 1. The van der Waals surface area contributed by atoms with Gasteiger partial charge in [-0.05, 0) is 13.3 Å². The predicted octanol–water partition coefficient (Wildman–Crippen LogP) is -1.35. The fraction of sp³-hybridized carbons (Fsp3) is 0.800. The molecule has 9 heteroatoms. The van der Waals surface area contributed by atoms with E-state index in [1.807, 2.05) is 0 Å². The molecular formula is C10H18N2O6S. The molecule has 1 rings (SSSR count). The number of sulfone groups is 1. The van der Waals surface area contributed by atoms with Crippen LogP contribution < -0.4 is 5.32 Å². The summed E-state index contributed by atoms with van der Waals surface area (Å²) in [5, 5.41) is 20.2. The molecule has 0 radical (unpaired) electrons. The highest BCUT2D eigenvalue weighted by molar-refractivity contribution is 7.91. The number of amides is 2. The molecule has 110 valence electrons. The molecular weight excluding hydrogens is 276 g/mol. The molecule has 2 amide bonds. The van der Waals surface area contributed by atoms with Crippen LogP contribution in [0, 0.1) is 0 Å². The molecule has 0 aromatic rings. The first-order chi connectivity index (χ1) is 8.64. The van der Waals surface area contributed by atoms with Crippen LogP contribution >= 0.6 is 0 Å². The SMILES string of the molecule is C[C@@H](O)[C@H](NC(=O)N(C)C1CCS(=O)(=O)C1)C(=O)O. The van der Waals surface area contributed by atoms with Crippen LogP contribution in [0.5, 0.6) is 0 Å². The smallest absolute Gasteiger partial charge is 0.328 e. The summed E-state index contributed by atoms with van der Waals surface area (Å²) in [5.74, 6) is -1.45. The van der Waals surface area contributed by atoms with Crippen molar-refractivity contribution in [2.24, 2.45) is 0 Å². The summed E-state index contributed by atoms with van der Waals surface area (Å²) in [6, 6.07) is -2.60. The van der Waals surface area contributed by atoms with Crippen molar-refractivity contribution >= 4 is 21.8 Å². The number of aliphatic hydroxyl groups is 1. The monoisotopic (exact) mass is 294 g/mol. The Balaban J connectivity index is 2.65. The van der Waals surface area contributed by atoms with Gasteiger partial charge >= 0.3 is 12.0 Å². The Morgan fingerprint density at radius 3 is 2.37 bits per heavy atom. The standard InChI is InChI=1S/C10H18N2O6S/c1-6(13)8(9(14)15)11-10(16)12(2)7-3-4-19(17,18)5-7/h6-8,13H,3-5H2,1-2H3,(H,11,16)(H,14,15)/t6-,7?,8+/m1/s1. The fourth-order valence-corrected chi connectivity index (χ4v) is 3.64. The number of hydrogen-bond donors (Lipinski definition) is 3. The van der Waals surface area contributed by atoms with Crippen LogP contribution in [-0.2, 0) is 14.6 Å². The lowest BCUT2D eigenvalue weighted by Crippen LogP contribution is -2.53. The zero-order chi connectivity index (χ0) is 14.8. The van der Waals surface area contributed by atoms with Crippen LogP contribution in [0.2, 0.25) is 0 Å². The summed E-state index contributed by atoms with van der Waals surface area (Å²) >= 11 is 0. The molecule has 0 aliphatic carbocycles. The van der Waals surface area contributed by atoms with E-state index in [1.54, 1.807) is 0 Å². The highest BCUT2D eigenvalue weighted by Gasteiger charge is 2.34. The maximum atomic E-state index is 11.8. The number of nitrogens with one attached hydrogen (secondary N) is 1. The number of hydrogen-bond acceptors (Lipinski definition) is 5. The number of aliphatic carboxylic acids is 1. The Kier molecular flexibility index (Phi) is 4.75. The lowest BCUT2D eigenvalue weighted by atomic mass is 10.2. The van der Waals surface area contributed by atoms with Crippen LogP contribution in [0.1, 0.15) is 13.3 Å². The average molecular weight is 294 g/mol. The minimum absolute atomic E-state index is 0.0219. The van der Waals surface area contributed by atoms with Gasteiger partial charge in [0.15, 0.2) is 15.9 Å². The van der Waals surface area contributed by atoms with Crippen LogP contribution in [-0.4, -0.2) is 72.3 Å². The summed E-state index contributed by atoms with van der Waals surface area (Å²) in [5.41, 5.74) is 0. The molecule has 1 aliphatic heterocycles. The molecule has 8 nitrogen and oxygen atoms in total. The molecule has 3 N–H and O–H groups in total. The van der Waals surface area contributed by atoms with E-state index in [4.69, 9.17) is 5.11 Å². The number of carboxylic acids is 1. The van der Waals surface area contributed by atoms with Gasteiger partial charge in [0, 0.05) is 13.1 Å². The second-order valence-electron chi connectivity index (χ2n) is 4.67. The third-order valence-electron chi connectivity index (χ3n) is 3.10. The summed E-state index contributed by atoms with van der Waals surface area (Å²) in [4.78, 5) is 23.8. The number of rotatable bonds is 4. The minimum atomic E-state index is -3.12. The van der Waals surface area contributed by atoms with Gasteiger partial charge in [-0.25, -0.2) is 18.0 Å². The second kappa shape index (κ2) is 5.74. The minimum Gasteiger partial charge on any atom is -0.480 e. The van der Waals surface area contributed by atoms with Crippen LogP contribution in [0.3, 0.4) is 0 Å². The first kappa shape index (κ1) is 15.7. The van der Waals surface area contributed by atoms with Gasteiger partial charge in [0.05, 0.1) is 17.6 Å². The van der Waals surface area contributed by atoms with Gasteiger partial charge in [-0.3, -0.25) is 0 Å². The molecule has 1 fully saturated rings. The Morgan fingerprint density at radius 2 is 2.00 bits per heavy atom. The second-order valence-corrected chi connectivity index (χ2v) is 6.90. The van der Waals surface area contributed by atoms with E-state index in [9.17, 15) is 23.1 Å². The van der Waals surface area contributed by atoms with Crippen LogP contribution in [0.25, 0.3) is 0 Å². The lowest BCUT2D eigenvalue weighted by Gasteiger charge is -2.26. The Bertz CT molecular complexity index is 461. The van der Waals surface area contributed by atoms with E-state index < -0.39 is 40.0 Å². The number of carbonyl (C=O) groups is 2. The van der Waals surface area contributed by atoms with E-state index >= 15 is 0 Å². The van der Waals surface area contributed by atoms with Gasteiger partial charge in [0.2, 0.25) is 0 Å². The predicted molar refractivity (Wildman–Crippen MR) is 66.5 cm³/mol. The number of urea groups is 1. The lowest BCUT2D eigenvalue weighted by molar-refractivity contribution is -0.141. The highest BCUT2D eigenvalue weighted by Crippen LogP contribution is 2.16. The molecule has 0 spiro atoms. The van der Waals surface area contributed by atoms with E-state index in [2.05, 4.69) is 5.32 Å². The van der Waals surface area contributed by atoms with E-state index in [1.165, 1.54) is 18.9 Å². The number of nitrogens with zero attached hydrogens (tertiary/aromatic N) is 1. The molecule has 0 aromatic carbocycles. The normalized spacial score (nSPS) is 24.5. The fourth-order valence-electron chi connectivity index (χ4n) is 1.87. The zero-order valence-electron chi connectivity index (χ0n) is 10.7. The molecule has 1 aliphatic rings. The third kappa shape index (κ3) is 4.06. The molecule has 1 unspecified atom stereocenters. The van der Waals surface area contributed by atoms with E-state index in [0.29, 0.717) is 6.42 Å². The van der Waals surface area contributed by atoms with Crippen molar-refractivity contribution in [2.45, 2.75) is 31.5 Å². The van der Waals surface area contributed by atoms with Crippen molar-refractivity contribution in [3.8, 4) is 0 Å². The van der Waals surface area contributed by atoms with E-state index in [0.717, 1.165) is 0 Å². The van der Waals surface area contributed by atoms with Crippen molar-refractivity contribution in [3.63, 3.8) is 0 Å². The quantitative estimate of drug-likeness (QED) is 0.589. The summed E-state index contributed by atoms with van der Waals surface area (Å²) in [6.07, 6.45) is -0.916. The molecule has 0 bridgehead atoms. The van der Waals surface area contributed by atoms with Crippen molar-refractivity contribution in [1.29, 1.82) is 0 Å². The third-order valence-corrected chi connectivity index (χ3v) is 4.85. The molecule has 1 saturated heterocycles. The largest absolute Gasteiger partial charge is 0.480 e. The maximum Gasteiger partial charge on any atom is 0.328 e. The number of carbonyl (C=O) groups excluding carboxylic acids is 1. The van der Waals surface area contributed by atoms with Gasteiger partial charge in [-0.2, -0.15) is 0 Å². The average Bonchev–Trinajstić information content (AvgIpc) is 2.64. The summed E-state index contributed by atoms with van der Waals surface area (Å²) in [6.45, 7) is 1.25. The van der Waals surface area contributed by atoms with Gasteiger partial charge < -0.3 is 20.4 Å². The first-order valence-electron chi connectivity index (χ1n) is 5.78. The van der Waals surface area contributed by atoms with Gasteiger partial charge in [-0.15, -0.1) is 0 Å². The molecule has 3 atom stereocenters. The molecule has 0 aromatic heterocycles. The highest BCUT2D eigenvalue weighted by atomic mass is 32.2. The topological polar surface area (TPSA) is 124 Å². The van der Waals surface area contributed by atoms with Crippen molar-refractivity contribution in [2.75, 3.05) is 18.6 Å². The van der Waals surface area contributed by atoms with Gasteiger partial charge in [0.1, 0.15) is 0 Å². The Morgan fingerprint density at radius 1 is 1.42 bits per heavy atom. The van der Waals surface area contributed by atoms with Crippen LogP contribution in [0.4, 0.5) is 4.79 Å². The van der Waals surface area contributed by atoms with Crippen molar-refractivity contribution in [1.82, 2.24) is 10.2 Å². The molecule has 1 heterocycles. The van der Waals surface area contributed by atoms with Gasteiger partial charge in [-0.1, -0.05) is 0 Å². The Labute approximate surface area is 111 Å². The van der Waals surface area contributed by atoms with E-state index in [-0.39, 0.29) is 11.5 Å². The van der Waals surface area contributed by atoms with Crippen molar-refractivity contribution < 1.29 is 28.2 Å².